The van der Waals surface area contributed by atoms with Gasteiger partial charge in [0.2, 0.25) is 0 Å². The van der Waals surface area contributed by atoms with Crippen LogP contribution in [0.5, 0.6) is 0 Å². The quantitative estimate of drug-likeness (QED) is 0.548. The number of rotatable bonds is 5. The van der Waals surface area contributed by atoms with Crippen molar-refractivity contribution in [2.75, 3.05) is 13.7 Å². The summed E-state index contributed by atoms with van der Waals surface area (Å²) in [5.41, 5.74) is -1.09. The summed E-state index contributed by atoms with van der Waals surface area (Å²) < 4.78 is 66.5. The maximum atomic E-state index is 13.3. The minimum Gasteiger partial charge on any atom is -0.460 e. The average molecular weight is 370 g/mol. The second-order valence-electron chi connectivity index (χ2n) is 7.46. The molecule has 4 rings (SSSR count). The third-order valence-electron chi connectivity index (χ3n) is 5.83. The number of aliphatic hydroxyl groups is 1. The molecular weight excluding hydrogens is 350 g/mol. The van der Waals surface area contributed by atoms with E-state index < -0.39 is 38.5 Å². The largest absolute Gasteiger partial charge is 0.465 e. The van der Waals surface area contributed by atoms with Gasteiger partial charge < -0.3 is 14.6 Å². The molecular formula is C14H20F2O7S. The van der Waals surface area contributed by atoms with Crippen LogP contribution in [0.25, 0.3) is 0 Å². The Balaban J connectivity index is 1.75. The van der Waals surface area contributed by atoms with Crippen LogP contribution in [-0.2, 0) is 24.4 Å². The summed E-state index contributed by atoms with van der Waals surface area (Å²) in [7, 11) is -4.32. The van der Waals surface area contributed by atoms with Crippen molar-refractivity contribution in [3.05, 3.63) is 0 Å². The van der Waals surface area contributed by atoms with Crippen molar-refractivity contribution in [2.45, 2.75) is 49.1 Å². The highest BCUT2D eigenvalue weighted by molar-refractivity contribution is 7.87. The average Bonchev–Trinajstić information content (AvgIpc) is 2.48. The lowest BCUT2D eigenvalue weighted by Gasteiger charge is -2.62. The van der Waals surface area contributed by atoms with Crippen molar-refractivity contribution < 1.29 is 41.1 Å². The van der Waals surface area contributed by atoms with Crippen LogP contribution in [-0.4, -0.2) is 54.7 Å². The minimum atomic E-state index is -5.88. The number of esters is 1. The highest BCUT2D eigenvalue weighted by atomic mass is 32.2. The van der Waals surface area contributed by atoms with Gasteiger partial charge in [-0.1, -0.05) is 0 Å². The monoisotopic (exact) mass is 370 g/mol. The fourth-order valence-electron chi connectivity index (χ4n) is 5.03. The van der Waals surface area contributed by atoms with Crippen LogP contribution >= 0.6 is 0 Å². The first-order chi connectivity index (χ1) is 10.9. The maximum absolute atomic E-state index is 13.3. The molecule has 0 saturated heterocycles. The lowest BCUT2D eigenvalue weighted by atomic mass is 9.47. The van der Waals surface area contributed by atoms with E-state index in [1.54, 1.807) is 7.11 Å². The maximum Gasteiger partial charge on any atom is 0.465 e. The summed E-state index contributed by atoms with van der Waals surface area (Å²) in [5, 5.41) is 5.28. The second kappa shape index (κ2) is 5.33. The first-order valence-corrected chi connectivity index (χ1v) is 9.13. The summed E-state index contributed by atoms with van der Waals surface area (Å²) in [4.78, 5) is 11.4. The highest BCUT2D eigenvalue weighted by Crippen LogP contribution is 2.62. The second-order valence-corrected chi connectivity index (χ2v) is 8.92. The van der Waals surface area contributed by atoms with Crippen molar-refractivity contribution in [1.82, 2.24) is 0 Å². The standard InChI is InChI=1S/C14H20F2O7S/c1-22-13-4-8-2-12(6-13,3-9(5-13)10(8)17)7-23-11(18)14(15,16)24(19,20)21/h8-10,17H,2-7H2,1H3,(H,19,20,21). The van der Waals surface area contributed by atoms with Crippen LogP contribution in [0.15, 0.2) is 0 Å². The van der Waals surface area contributed by atoms with Crippen molar-refractivity contribution >= 4 is 16.1 Å². The van der Waals surface area contributed by atoms with Gasteiger partial charge in [-0.15, -0.1) is 0 Å². The number of ether oxygens (including phenoxy) is 2. The SMILES string of the molecule is COC12CC3CC(COC(=O)C(F)(F)S(=O)(=O)O)(CC(C1)C3O)C2. The Bertz CT molecular complexity index is 632. The Morgan fingerprint density at radius 2 is 1.79 bits per heavy atom. The molecule has 4 fully saturated rings. The van der Waals surface area contributed by atoms with Gasteiger partial charge in [0, 0.05) is 12.5 Å². The van der Waals surface area contributed by atoms with Gasteiger partial charge in [-0.25, -0.2) is 4.79 Å². The summed E-state index contributed by atoms with van der Waals surface area (Å²) in [6.07, 6.45) is 2.34. The molecule has 10 heteroatoms. The molecule has 24 heavy (non-hydrogen) atoms. The van der Waals surface area contributed by atoms with Gasteiger partial charge in [-0.05, 0) is 43.9 Å². The lowest BCUT2D eigenvalue weighted by Crippen LogP contribution is -2.63. The van der Waals surface area contributed by atoms with Crippen LogP contribution in [0.4, 0.5) is 8.78 Å². The van der Waals surface area contributed by atoms with Gasteiger partial charge >= 0.3 is 21.3 Å². The van der Waals surface area contributed by atoms with Gasteiger partial charge in [0.25, 0.3) is 0 Å². The molecule has 2 atom stereocenters. The van der Waals surface area contributed by atoms with Gasteiger partial charge in [0.1, 0.15) is 0 Å². The topological polar surface area (TPSA) is 110 Å². The molecule has 0 aromatic rings. The Morgan fingerprint density at radius 3 is 2.25 bits per heavy atom. The summed E-state index contributed by atoms with van der Waals surface area (Å²) in [6, 6.07) is 0. The van der Waals surface area contributed by atoms with E-state index in [9.17, 15) is 27.1 Å². The van der Waals surface area contributed by atoms with Crippen LogP contribution < -0.4 is 0 Å². The molecule has 2 unspecified atom stereocenters. The number of hydrogen-bond donors (Lipinski definition) is 2. The predicted molar refractivity (Wildman–Crippen MR) is 75.7 cm³/mol. The van der Waals surface area contributed by atoms with E-state index in [2.05, 4.69) is 4.74 Å². The molecule has 4 aliphatic rings. The zero-order valence-corrected chi connectivity index (χ0v) is 13.9. The van der Waals surface area contributed by atoms with Gasteiger partial charge in [0.15, 0.2) is 0 Å². The van der Waals surface area contributed by atoms with Crippen molar-refractivity contribution in [1.29, 1.82) is 0 Å². The van der Waals surface area contributed by atoms with Crippen LogP contribution in [0.3, 0.4) is 0 Å². The molecule has 4 saturated carbocycles. The third-order valence-corrected chi connectivity index (χ3v) is 6.64. The van der Waals surface area contributed by atoms with Crippen LogP contribution in [0, 0.1) is 17.3 Å². The first kappa shape index (κ1) is 18.0. The number of aliphatic hydroxyl groups excluding tert-OH is 1. The Kier molecular flexibility index (Phi) is 3.99. The zero-order chi connectivity index (χ0) is 18.0. The normalized spacial score (nSPS) is 41.5. The number of alkyl halides is 2. The van der Waals surface area contributed by atoms with Gasteiger partial charge in [-0.2, -0.15) is 17.2 Å². The molecule has 138 valence electrons. The summed E-state index contributed by atoms with van der Waals surface area (Å²) in [5.74, 6) is -2.41. The molecule has 2 N–H and O–H groups in total. The zero-order valence-electron chi connectivity index (χ0n) is 13.1. The van der Waals surface area contributed by atoms with E-state index >= 15 is 0 Å². The van der Waals surface area contributed by atoms with E-state index in [4.69, 9.17) is 9.29 Å². The number of methoxy groups -OCH3 is 1. The molecule has 7 nitrogen and oxygen atoms in total. The smallest absolute Gasteiger partial charge is 0.460 e. The Labute approximate surface area is 138 Å². The molecule has 0 radical (unpaired) electrons. The van der Waals surface area contributed by atoms with E-state index in [0.717, 1.165) is 0 Å². The minimum absolute atomic E-state index is 0.0630. The molecule has 0 amide bonds. The molecule has 0 spiro atoms. The van der Waals surface area contributed by atoms with E-state index in [1.807, 2.05) is 0 Å². The molecule has 0 aliphatic heterocycles. The predicted octanol–water partition coefficient (Wildman–Crippen LogP) is 0.966. The van der Waals surface area contributed by atoms with Gasteiger partial charge in [0.05, 0.1) is 18.3 Å². The molecule has 0 aromatic heterocycles. The number of hydrogen-bond acceptors (Lipinski definition) is 6. The van der Waals surface area contributed by atoms with Crippen LogP contribution in [0.2, 0.25) is 0 Å². The van der Waals surface area contributed by atoms with E-state index in [1.165, 1.54) is 0 Å². The van der Waals surface area contributed by atoms with E-state index in [0.29, 0.717) is 32.1 Å². The van der Waals surface area contributed by atoms with E-state index in [-0.39, 0.29) is 18.4 Å². The molecule has 0 aromatic carbocycles. The number of carbonyl (C=O) groups is 1. The highest BCUT2D eigenvalue weighted by Gasteiger charge is 2.62. The summed E-state index contributed by atoms with van der Waals surface area (Å²) in [6.45, 7) is -0.387. The fourth-order valence-corrected chi connectivity index (χ4v) is 5.30. The Hall–Kier alpha value is -0.840. The summed E-state index contributed by atoms with van der Waals surface area (Å²) >= 11 is 0. The fraction of sp³-hybridized carbons (Fsp3) is 0.929. The van der Waals surface area contributed by atoms with Crippen LogP contribution in [0.1, 0.15) is 32.1 Å². The van der Waals surface area contributed by atoms with Crippen molar-refractivity contribution in [3.63, 3.8) is 0 Å². The van der Waals surface area contributed by atoms with Crippen molar-refractivity contribution in [2.24, 2.45) is 17.3 Å². The third kappa shape index (κ3) is 2.63. The van der Waals surface area contributed by atoms with Gasteiger partial charge in [-0.3, -0.25) is 4.55 Å². The molecule has 4 bridgehead atoms. The molecule has 4 aliphatic carbocycles. The number of halogens is 2. The van der Waals surface area contributed by atoms with Crippen molar-refractivity contribution in [3.8, 4) is 0 Å². The number of carbonyl (C=O) groups excluding carboxylic acids is 1. The Morgan fingerprint density at radius 1 is 1.25 bits per heavy atom. The first-order valence-electron chi connectivity index (χ1n) is 7.69. The molecule has 0 heterocycles. The lowest BCUT2D eigenvalue weighted by molar-refractivity contribution is -0.231.